The van der Waals surface area contributed by atoms with Crippen LogP contribution >= 0.6 is 35.3 Å². The van der Waals surface area contributed by atoms with Crippen LogP contribution in [0.1, 0.15) is 54.7 Å². The van der Waals surface area contributed by atoms with Gasteiger partial charge in [0.2, 0.25) is 5.89 Å². The van der Waals surface area contributed by atoms with Gasteiger partial charge in [-0.3, -0.25) is 0 Å². The number of oxazole rings is 1. The van der Waals surface area contributed by atoms with E-state index in [1.165, 1.54) is 0 Å². The molecule has 2 aromatic heterocycles. The predicted molar refractivity (Wildman–Crippen MR) is 109 cm³/mol. The molecule has 134 valence electrons. The van der Waals surface area contributed by atoms with Crippen LogP contribution in [0.15, 0.2) is 14.8 Å². The van der Waals surface area contributed by atoms with E-state index in [-0.39, 0.29) is 24.0 Å². The Morgan fingerprint density at radius 2 is 2.04 bits per heavy atom. The summed E-state index contributed by atoms with van der Waals surface area (Å²) >= 11 is 1.69. The summed E-state index contributed by atoms with van der Waals surface area (Å²) in [5.74, 6) is 2.72. The number of aryl methyl sites for hydroxylation is 2. The molecule has 2 heterocycles. The summed E-state index contributed by atoms with van der Waals surface area (Å²) in [6.45, 7) is 12.1. The molecule has 2 N–H and O–H groups in total. The maximum atomic E-state index is 5.57. The number of nitrogens with zero attached hydrogens (tertiary/aromatic N) is 3. The molecule has 0 saturated heterocycles. The number of aromatic nitrogens is 2. The molecule has 8 heteroatoms. The number of halogens is 1. The van der Waals surface area contributed by atoms with E-state index in [2.05, 4.69) is 44.8 Å². The van der Waals surface area contributed by atoms with E-state index in [4.69, 9.17) is 4.42 Å². The second-order valence-corrected chi connectivity index (χ2v) is 6.52. The maximum Gasteiger partial charge on any atom is 0.214 e. The lowest BCUT2D eigenvalue weighted by Gasteiger charge is -2.09. The average Bonchev–Trinajstić information content (AvgIpc) is 3.10. The molecule has 0 saturated carbocycles. The van der Waals surface area contributed by atoms with E-state index in [9.17, 15) is 0 Å². The van der Waals surface area contributed by atoms with Crippen LogP contribution < -0.4 is 10.6 Å². The fraction of sp³-hybridized carbons (Fsp3) is 0.562. The van der Waals surface area contributed by atoms with Crippen molar-refractivity contribution in [3.8, 4) is 0 Å². The lowest BCUT2D eigenvalue weighted by atomic mass is 10.2. The van der Waals surface area contributed by atoms with E-state index in [0.29, 0.717) is 24.9 Å². The standard InChI is InChI=1S/C16H25N5OS.HI/c1-6-17-16(19-8-14-20-11(4)12(5)22-14)18-7-13-9-23-15(21-13)10(2)3;/h9-10H,6-8H2,1-5H3,(H2,17,18,19);1H. The minimum absolute atomic E-state index is 0. The highest BCUT2D eigenvalue weighted by Crippen LogP contribution is 2.19. The first-order valence-corrected chi connectivity index (χ1v) is 8.77. The lowest BCUT2D eigenvalue weighted by Crippen LogP contribution is -2.36. The number of hydrogen-bond acceptors (Lipinski definition) is 5. The van der Waals surface area contributed by atoms with E-state index in [1.54, 1.807) is 11.3 Å². The van der Waals surface area contributed by atoms with Crippen LogP contribution in [-0.2, 0) is 13.1 Å². The Morgan fingerprint density at radius 1 is 1.29 bits per heavy atom. The van der Waals surface area contributed by atoms with Gasteiger partial charge in [-0.1, -0.05) is 13.8 Å². The van der Waals surface area contributed by atoms with Gasteiger partial charge in [-0.2, -0.15) is 0 Å². The van der Waals surface area contributed by atoms with Crippen LogP contribution in [0.2, 0.25) is 0 Å². The molecule has 0 spiro atoms. The predicted octanol–water partition coefficient (Wildman–Crippen LogP) is 3.74. The van der Waals surface area contributed by atoms with Gasteiger partial charge in [0, 0.05) is 17.8 Å². The van der Waals surface area contributed by atoms with Crippen molar-refractivity contribution >= 4 is 41.3 Å². The smallest absolute Gasteiger partial charge is 0.214 e. The number of hydrogen-bond donors (Lipinski definition) is 2. The molecule has 24 heavy (non-hydrogen) atoms. The first-order chi connectivity index (χ1) is 11.0. The number of nitrogens with one attached hydrogen (secondary N) is 2. The van der Waals surface area contributed by atoms with E-state index < -0.39 is 0 Å². The molecule has 6 nitrogen and oxygen atoms in total. The molecule has 0 unspecified atom stereocenters. The third-order valence-corrected chi connectivity index (χ3v) is 4.48. The van der Waals surface area contributed by atoms with E-state index in [1.807, 2.05) is 20.8 Å². The topological polar surface area (TPSA) is 75.3 Å². The van der Waals surface area contributed by atoms with E-state index >= 15 is 0 Å². The highest BCUT2D eigenvalue weighted by atomic mass is 127. The molecule has 0 fully saturated rings. The van der Waals surface area contributed by atoms with Gasteiger partial charge in [0.25, 0.3) is 0 Å². The zero-order valence-corrected chi connectivity index (χ0v) is 18.0. The quantitative estimate of drug-likeness (QED) is 0.388. The van der Waals surface area contributed by atoms with Crippen LogP contribution in [0.5, 0.6) is 0 Å². The summed E-state index contributed by atoms with van der Waals surface area (Å²) in [5.41, 5.74) is 1.92. The SMILES string of the molecule is CCNC(=NCc1csc(C(C)C)n1)NCc1nc(C)c(C)o1.I. The maximum absolute atomic E-state index is 5.57. The molecular formula is C16H26IN5OS. The lowest BCUT2D eigenvalue weighted by molar-refractivity contribution is 0.463. The zero-order chi connectivity index (χ0) is 16.8. The fourth-order valence-corrected chi connectivity index (χ4v) is 2.76. The number of rotatable bonds is 6. The van der Waals surface area contributed by atoms with Crippen molar-refractivity contribution in [3.63, 3.8) is 0 Å². The Kier molecular flexibility index (Phi) is 8.68. The van der Waals surface area contributed by atoms with Crippen LogP contribution in [0.3, 0.4) is 0 Å². The van der Waals surface area contributed by atoms with Gasteiger partial charge < -0.3 is 15.1 Å². The summed E-state index contributed by atoms with van der Waals surface area (Å²) in [4.78, 5) is 13.5. The highest BCUT2D eigenvalue weighted by molar-refractivity contribution is 14.0. The molecule has 0 aliphatic heterocycles. The van der Waals surface area contributed by atoms with Gasteiger partial charge >= 0.3 is 0 Å². The highest BCUT2D eigenvalue weighted by Gasteiger charge is 2.08. The third-order valence-electron chi connectivity index (χ3n) is 3.29. The Balaban J connectivity index is 0.00000288. The molecule has 0 aliphatic carbocycles. The van der Waals surface area contributed by atoms with Crippen molar-refractivity contribution in [1.29, 1.82) is 0 Å². The monoisotopic (exact) mass is 463 g/mol. The summed E-state index contributed by atoms with van der Waals surface area (Å²) in [6, 6.07) is 0. The largest absolute Gasteiger partial charge is 0.444 e. The van der Waals surface area contributed by atoms with Gasteiger partial charge in [-0.15, -0.1) is 35.3 Å². The Labute approximate surface area is 164 Å². The van der Waals surface area contributed by atoms with Gasteiger partial charge in [0.05, 0.1) is 29.5 Å². The van der Waals surface area contributed by atoms with Gasteiger partial charge in [0.15, 0.2) is 5.96 Å². The summed E-state index contributed by atoms with van der Waals surface area (Å²) in [6.07, 6.45) is 0. The van der Waals surface area contributed by atoms with Crippen molar-refractivity contribution in [2.45, 2.75) is 53.6 Å². The average molecular weight is 463 g/mol. The van der Waals surface area contributed by atoms with Gasteiger partial charge in [0.1, 0.15) is 5.76 Å². The number of aliphatic imine (C=N–C) groups is 1. The first kappa shape index (κ1) is 20.9. The van der Waals surface area contributed by atoms with E-state index in [0.717, 1.165) is 34.7 Å². The van der Waals surface area contributed by atoms with Gasteiger partial charge in [-0.05, 0) is 20.8 Å². The van der Waals surface area contributed by atoms with Crippen molar-refractivity contribution in [1.82, 2.24) is 20.6 Å². The zero-order valence-electron chi connectivity index (χ0n) is 14.8. The summed E-state index contributed by atoms with van der Waals surface area (Å²) in [7, 11) is 0. The Morgan fingerprint density at radius 3 is 2.58 bits per heavy atom. The molecule has 2 rings (SSSR count). The van der Waals surface area contributed by atoms with Crippen molar-refractivity contribution < 1.29 is 4.42 Å². The third kappa shape index (κ3) is 6.04. The molecule has 0 radical (unpaired) electrons. The molecular weight excluding hydrogens is 437 g/mol. The second kappa shape index (κ2) is 9.97. The molecule has 0 amide bonds. The van der Waals surface area contributed by atoms with Crippen LogP contribution in [0.25, 0.3) is 0 Å². The minimum Gasteiger partial charge on any atom is -0.444 e. The number of thiazole rings is 1. The summed E-state index contributed by atoms with van der Waals surface area (Å²) in [5, 5.41) is 9.68. The van der Waals surface area contributed by atoms with Crippen LogP contribution in [0.4, 0.5) is 0 Å². The fourth-order valence-electron chi connectivity index (χ4n) is 1.94. The van der Waals surface area contributed by atoms with Crippen molar-refractivity contribution in [2.24, 2.45) is 4.99 Å². The molecule has 0 bridgehead atoms. The second-order valence-electron chi connectivity index (χ2n) is 5.63. The molecule has 0 aliphatic rings. The van der Waals surface area contributed by atoms with Crippen molar-refractivity contribution in [2.75, 3.05) is 6.54 Å². The first-order valence-electron chi connectivity index (χ1n) is 7.89. The molecule has 2 aromatic rings. The molecule has 0 atom stereocenters. The van der Waals surface area contributed by atoms with Crippen molar-refractivity contribution in [3.05, 3.63) is 33.4 Å². The Bertz CT molecular complexity index is 646. The van der Waals surface area contributed by atoms with Crippen LogP contribution in [-0.4, -0.2) is 22.5 Å². The summed E-state index contributed by atoms with van der Waals surface area (Å²) < 4.78 is 5.57. The van der Waals surface area contributed by atoms with Gasteiger partial charge in [-0.25, -0.2) is 15.0 Å². The molecule has 0 aromatic carbocycles. The minimum atomic E-state index is 0. The van der Waals surface area contributed by atoms with Crippen LogP contribution in [0, 0.1) is 13.8 Å². The number of guanidine groups is 1. The Hall–Kier alpha value is -1.16. The normalized spacial score (nSPS) is 11.5.